The Kier molecular flexibility index (Phi) is 8.20. The number of hydrogen-bond donors (Lipinski definition) is 0. The summed E-state index contributed by atoms with van der Waals surface area (Å²) in [6, 6.07) is 0. The second-order valence-electron chi connectivity index (χ2n) is 13.8. The molecule has 0 aromatic heterocycles. The van der Waals surface area contributed by atoms with Crippen LogP contribution in [0.15, 0.2) is 0 Å². The van der Waals surface area contributed by atoms with E-state index >= 15 is 0 Å². The first-order valence-corrected chi connectivity index (χ1v) is 14.8. The quantitative estimate of drug-likeness (QED) is 0.252. The highest BCUT2D eigenvalue weighted by Gasteiger charge is 2.60. The van der Waals surface area contributed by atoms with Gasteiger partial charge in [0.15, 0.2) is 0 Å². The van der Waals surface area contributed by atoms with E-state index in [9.17, 15) is 9.59 Å². The van der Waals surface area contributed by atoms with Gasteiger partial charge in [0.05, 0.1) is 6.42 Å². The van der Waals surface area contributed by atoms with Gasteiger partial charge in [0.2, 0.25) is 0 Å². The molecule has 0 saturated heterocycles. The third-order valence-electron chi connectivity index (χ3n) is 11.6. The zero-order valence-corrected chi connectivity index (χ0v) is 22.8. The lowest BCUT2D eigenvalue weighted by atomic mass is 9.44. The van der Waals surface area contributed by atoms with Crippen LogP contribution in [0, 0.1) is 52.3 Å². The molecule has 34 heavy (non-hydrogen) atoms. The maximum atomic E-state index is 12.1. The summed E-state index contributed by atoms with van der Waals surface area (Å²) in [6.45, 7) is 12.6. The Bertz CT molecular complexity index is 715. The summed E-state index contributed by atoms with van der Waals surface area (Å²) >= 11 is 0. The molecule has 0 bridgehead atoms. The van der Waals surface area contributed by atoms with Crippen molar-refractivity contribution >= 4 is 12.3 Å². The van der Waals surface area contributed by atoms with E-state index in [1.165, 1.54) is 64.2 Å². The van der Waals surface area contributed by atoms with Crippen molar-refractivity contribution in [1.82, 2.24) is 0 Å². The molecule has 4 rings (SSSR count). The van der Waals surface area contributed by atoms with Crippen molar-refractivity contribution in [1.29, 1.82) is 0 Å². The summed E-state index contributed by atoms with van der Waals surface area (Å²) in [7, 11) is 0. The third kappa shape index (κ3) is 5.01. The van der Waals surface area contributed by atoms with Crippen molar-refractivity contribution < 1.29 is 14.3 Å². The van der Waals surface area contributed by atoms with Gasteiger partial charge in [-0.2, -0.15) is 0 Å². The van der Waals surface area contributed by atoms with Crippen molar-refractivity contribution in [3.63, 3.8) is 0 Å². The predicted octanol–water partition coefficient (Wildman–Crippen LogP) is 8.00. The molecule has 0 amide bonds. The Balaban J connectivity index is 1.38. The maximum Gasteiger partial charge on any atom is 0.306 e. The van der Waals surface area contributed by atoms with Crippen molar-refractivity contribution in [2.45, 2.75) is 131 Å². The number of carbonyl (C=O) groups is 2. The SMILES string of the molecule is CC(C)CCCC(C)C1CCC2C3CCC4CC(OC(=O)CCC=O)CCC4(C)C3CCC12C. The predicted molar refractivity (Wildman–Crippen MR) is 138 cm³/mol. The van der Waals surface area contributed by atoms with Crippen LogP contribution < -0.4 is 0 Å². The van der Waals surface area contributed by atoms with Gasteiger partial charge >= 0.3 is 5.97 Å². The summed E-state index contributed by atoms with van der Waals surface area (Å²) < 4.78 is 5.80. The molecule has 194 valence electrons. The highest BCUT2D eigenvalue weighted by atomic mass is 16.5. The fraction of sp³-hybridized carbons (Fsp3) is 0.935. The molecular weight excluding hydrogens is 420 g/mol. The Hall–Kier alpha value is -0.860. The van der Waals surface area contributed by atoms with Gasteiger partial charge in [-0.05, 0) is 110 Å². The fourth-order valence-electron chi connectivity index (χ4n) is 9.77. The lowest BCUT2D eigenvalue weighted by Crippen LogP contribution is -2.54. The first-order chi connectivity index (χ1) is 16.2. The Morgan fingerprint density at radius 1 is 0.941 bits per heavy atom. The molecule has 0 N–H and O–H groups in total. The molecule has 3 nitrogen and oxygen atoms in total. The van der Waals surface area contributed by atoms with Gasteiger partial charge in [-0.3, -0.25) is 4.79 Å². The summed E-state index contributed by atoms with van der Waals surface area (Å²) in [5.41, 5.74) is 0.990. The first-order valence-electron chi connectivity index (χ1n) is 14.8. The van der Waals surface area contributed by atoms with Gasteiger partial charge in [0.1, 0.15) is 12.4 Å². The second kappa shape index (κ2) is 10.6. The summed E-state index contributed by atoms with van der Waals surface area (Å²) in [6.07, 6.45) is 17.4. The number of aldehydes is 1. The average Bonchev–Trinajstić information content (AvgIpc) is 3.15. The van der Waals surface area contributed by atoms with Gasteiger partial charge in [-0.1, -0.05) is 53.9 Å². The summed E-state index contributed by atoms with van der Waals surface area (Å²) in [5.74, 6) is 5.87. The highest BCUT2D eigenvalue weighted by molar-refractivity contribution is 5.72. The molecule has 0 heterocycles. The number of hydrogen-bond acceptors (Lipinski definition) is 3. The lowest BCUT2D eigenvalue weighted by molar-refractivity contribution is -0.163. The van der Waals surface area contributed by atoms with Gasteiger partial charge in [0, 0.05) is 6.42 Å². The van der Waals surface area contributed by atoms with Gasteiger partial charge in [-0.15, -0.1) is 0 Å². The lowest BCUT2D eigenvalue weighted by Gasteiger charge is -2.61. The molecule has 4 aliphatic carbocycles. The minimum atomic E-state index is -0.178. The van der Waals surface area contributed by atoms with Gasteiger partial charge < -0.3 is 9.53 Å². The molecule has 0 spiro atoms. The van der Waals surface area contributed by atoms with Gasteiger partial charge in [-0.25, -0.2) is 0 Å². The number of carbonyl (C=O) groups excluding carboxylic acids is 2. The second-order valence-corrected chi connectivity index (χ2v) is 13.8. The minimum absolute atomic E-state index is 0.0742. The summed E-state index contributed by atoms with van der Waals surface area (Å²) in [4.78, 5) is 22.7. The molecule has 0 radical (unpaired) electrons. The molecule has 9 unspecified atom stereocenters. The van der Waals surface area contributed by atoms with Crippen LogP contribution >= 0.6 is 0 Å². The highest BCUT2D eigenvalue weighted by Crippen LogP contribution is 2.68. The van der Waals surface area contributed by atoms with Crippen LogP contribution in [-0.4, -0.2) is 18.4 Å². The molecule has 0 aromatic carbocycles. The van der Waals surface area contributed by atoms with E-state index in [1.807, 2.05) is 0 Å². The molecule has 4 saturated carbocycles. The van der Waals surface area contributed by atoms with Crippen molar-refractivity contribution in [3.05, 3.63) is 0 Å². The number of rotatable bonds is 9. The van der Waals surface area contributed by atoms with Crippen LogP contribution in [0.4, 0.5) is 0 Å². The molecule has 3 heteroatoms. The molecular formula is C31H52O3. The molecule has 0 aliphatic heterocycles. The number of ether oxygens (including phenoxy) is 1. The van der Waals surface area contributed by atoms with Gasteiger partial charge in [0.25, 0.3) is 0 Å². The topological polar surface area (TPSA) is 43.4 Å². The van der Waals surface area contributed by atoms with E-state index in [0.29, 0.717) is 16.7 Å². The van der Waals surface area contributed by atoms with Crippen LogP contribution in [0.3, 0.4) is 0 Å². The van der Waals surface area contributed by atoms with Crippen LogP contribution in [0.1, 0.15) is 125 Å². The van der Waals surface area contributed by atoms with E-state index in [0.717, 1.165) is 54.6 Å². The number of esters is 1. The van der Waals surface area contributed by atoms with E-state index in [-0.39, 0.29) is 24.9 Å². The average molecular weight is 473 g/mol. The zero-order valence-electron chi connectivity index (χ0n) is 22.8. The van der Waals surface area contributed by atoms with Crippen molar-refractivity contribution in [3.8, 4) is 0 Å². The van der Waals surface area contributed by atoms with Crippen LogP contribution in [-0.2, 0) is 14.3 Å². The minimum Gasteiger partial charge on any atom is -0.462 e. The largest absolute Gasteiger partial charge is 0.462 e. The van der Waals surface area contributed by atoms with Crippen LogP contribution in [0.2, 0.25) is 0 Å². The van der Waals surface area contributed by atoms with E-state index in [2.05, 4.69) is 34.6 Å². The Labute approximate surface area is 209 Å². The van der Waals surface area contributed by atoms with Crippen LogP contribution in [0.25, 0.3) is 0 Å². The van der Waals surface area contributed by atoms with Crippen LogP contribution in [0.5, 0.6) is 0 Å². The Morgan fingerprint density at radius 2 is 1.68 bits per heavy atom. The van der Waals surface area contributed by atoms with E-state index < -0.39 is 0 Å². The first kappa shape index (κ1) is 26.2. The monoisotopic (exact) mass is 472 g/mol. The smallest absolute Gasteiger partial charge is 0.306 e. The van der Waals surface area contributed by atoms with E-state index in [4.69, 9.17) is 4.74 Å². The Morgan fingerprint density at radius 3 is 2.41 bits per heavy atom. The molecule has 4 fully saturated rings. The third-order valence-corrected chi connectivity index (χ3v) is 11.6. The molecule has 0 aromatic rings. The standard InChI is InChI=1S/C31H52O3/c1-21(2)8-6-9-22(3)26-13-14-27-25-12-11-23-20-24(34-29(33)10-7-19-32)15-17-30(23,4)28(25)16-18-31(26,27)5/h19,21-28H,6-18,20H2,1-5H3. The molecule has 9 atom stereocenters. The maximum absolute atomic E-state index is 12.1. The normalized spacial score (nSPS) is 42.4. The summed E-state index contributed by atoms with van der Waals surface area (Å²) in [5, 5.41) is 0. The molecule has 4 aliphatic rings. The zero-order chi connectivity index (χ0) is 24.5. The van der Waals surface area contributed by atoms with Crippen molar-refractivity contribution in [2.75, 3.05) is 0 Å². The fourth-order valence-corrected chi connectivity index (χ4v) is 9.77. The van der Waals surface area contributed by atoms with Crippen molar-refractivity contribution in [2.24, 2.45) is 52.3 Å². The number of fused-ring (bicyclic) bond motifs is 5. The van der Waals surface area contributed by atoms with E-state index in [1.54, 1.807) is 0 Å².